The van der Waals surface area contributed by atoms with E-state index in [0.29, 0.717) is 64.3 Å². The second-order valence-electron chi connectivity index (χ2n) is 7.39. The Bertz CT molecular complexity index is 662. The molecule has 2 saturated heterocycles. The van der Waals surface area contributed by atoms with E-state index in [9.17, 15) is 14.7 Å². The first kappa shape index (κ1) is 20.9. The fraction of sp³-hybridized carbons (Fsp3) is 0.619. The van der Waals surface area contributed by atoms with Crippen molar-refractivity contribution >= 4 is 11.7 Å². The standard InChI is InChI=1S/C21H30N2O5/c1-2-28-19-10-6-9-18(24)17(15-23-11-13-27-14-12-23)21(26,22-20(19)25)16-7-4-3-5-8-16/h3-5,7-8,17,19,26H,2,6,9-15H2,1H3,(H,22,25)/t17-,19?,21-/m1/s1. The van der Waals surface area contributed by atoms with Gasteiger partial charge in [0.15, 0.2) is 5.72 Å². The van der Waals surface area contributed by atoms with Gasteiger partial charge in [-0.1, -0.05) is 30.3 Å². The predicted octanol–water partition coefficient (Wildman–Crippen LogP) is 1.05. The molecule has 1 aromatic carbocycles. The summed E-state index contributed by atoms with van der Waals surface area (Å²) in [7, 11) is 0. The lowest BCUT2D eigenvalue weighted by atomic mass is 9.83. The minimum atomic E-state index is -1.78. The van der Waals surface area contributed by atoms with Gasteiger partial charge in [0.1, 0.15) is 11.9 Å². The molecule has 0 aromatic heterocycles. The number of ether oxygens (including phenoxy) is 2. The summed E-state index contributed by atoms with van der Waals surface area (Å²) in [5.41, 5.74) is -1.28. The van der Waals surface area contributed by atoms with Crippen LogP contribution in [0.3, 0.4) is 0 Å². The maximum Gasteiger partial charge on any atom is 0.251 e. The molecule has 1 aromatic rings. The van der Waals surface area contributed by atoms with Crippen LogP contribution in [-0.4, -0.2) is 67.3 Å². The van der Waals surface area contributed by atoms with Gasteiger partial charge in [0.05, 0.1) is 19.1 Å². The number of carbonyl (C=O) groups excluding carboxylic acids is 2. The summed E-state index contributed by atoms with van der Waals surface area (Å²) in [5, 5.41) is 14.5. The largest absolute Gasteiger partial charge is 0.379 e. The average Bonchev–Trinajstić information content (AvgIpc) is 2.75. The highest BCUT2D eigenvalue weighted by molar-refractivity contribution is 5.86. The van der Waals surface area contributed by atoms with Gasteiger partial charge in [-0.25, -0.2) is 0 Å². The lowest BCUT2D eigenvalue weighted by Crippen LogP contribution is -2.58. The van der Waals surface area contributed by atoms with Crippen LogP contribution in [0.1, 0.15) is 31.7 Å². The molecule has 7 heteroatoms. The number of ketones is 1. The third-order valence-electron chi connectivity index (χ3n) is 5.51. The number of aliphatic hydroxyl groups is 1. The van der Waals surface area contributed by atoms with Gasteiger partial charge in [0.25, 0.3) is 5.91 Å². The summed E-state index contributed by atoms with van der Waals surface area (Å²) in [6.07, 6.45) is 0.653. The number of rotatable bonds is 5. The quantitative estimate of drug-likeness (QED) is 0.782. The second-order valence-corrected chi connectivity index (χ2v) is 7.39. The van der Waals surface area contributed by atoms with E-state index >= 15 is 0 Å². The molecule has 0 aliphatic carbocycles. The van der Waals surface area contributed by atoms with Crippen molar-refractivity contribution in [3.8, 4) is 0 Å². The number of nitrogens with zero attached hydrogens (tertiary/aromatic N) is 1. The Labute approximate surface area is 166 Å². The molecule has 154 valence electrons. The number of hydrogen-bond acceptors (Lipinski definition) is 6. The zero-order chi connectivity index (χ0) is 20.0. The van der Waals surface area contributed by atoms with Crippen LogP contribution in [0.5, 0.6) is 0 Å². The Morgan fingerprint density at radius 1 is 1.25 bits per heavy atom. The average molecular weight is 390 g/mol. The number of carbonyl (C=O) groups is 2. The number of morpholine rings is 1. The molecular formula is C21H30N2O5. The molecule has 1 amide bonds. The van der Waals surface area contributed by atoms with E-state index < -0.39 is 17.7 Å². The zero-order valence-electron chi connectivity index (χ0n) is 16.4. The Balaban J connectivity index is 1.96. The summed E-state index contributed by atoms with van der Waals surface area (Å²) in [4.78, 5) is 28.2. The lowest BCUT2D eigenvalue weighted by Gasteiger charge is -2.40. The Morgan fingerprint density at radius 2 is 1.96 bits per heavy atom. The van der Waals surface area contributed by atoms with Gasteiger partial charge in [-0.3, -0.25) is 14.5 Å². The van der Waals surface area contributed by atoms with E-state index in [4.69, 9.17) is 9.47 Å². The molecule has 7 nitrogen and oxygen atoms in total. The van der Waals surface area contributed by atoms with Crippen molar-refractivity contribution in [3.63, 3.8) is 0 Å². The molecule has 3 atom stereocenters. The van der Waals surface area contributed by atoms with Crippen molar-refractivity contribution in [2.24, 2.45) is 5.92 Å². The first-order chi connectivity index (χ1) is 13.5. The van der Waals surface area contributed by atoms with Crippen LogP contribution < -0.4 is 5.32 Å². The molecule has 2 aliphatic rings. The highest BCUT2D eigenvalue weighted by atomic mass is 16.5. The van der Waals surface area contributed by atoms with Crippen LogP contribution in [-0.2, 0) is 24.8 Å². The van der Waals surface area contributed by atoms with E-state index in [1.165, 1.54) is 0 Å². The smallest absolute Gasteiger partial charge is 0.251 e. The van der Waals surface area contributed by atoms with Gasteiger partial charge < -0.3 is 19.9 Å². The van der Waals surface area contributed by atoms with Crippen LogP contribution in [0.2, 0.25) is 0 Å². The Kier molecular flexibility index (Phi) is 7.18. The molecular weight excluding hydrogens is 360 g/mol. The van der Waals surface area contributed by atoms with Crippen molar-refractivity contribution in [1.29, 1.82) is 0 Å². The minimum absolute atomic E-state index is 0.0460. The maximum absolute atomic E-state index is 13.1. The molecule has 1 unspecified atom stereocenters. The van der Waals surface area contributed by atoms with Crippen LogP contribution in [0, 0.1) is 5.92 Å². The van der Waals surface area contributed by atoms with Crippen LogP contribution >= 0.6 is 0 Å². The van der Waals surface area contributed by atoms with Crippen molar-refractivity contribution in [2.45, 2.75) is 38.0 Å². The van der Waals surface area contributed by atoms with Crippen LogP contribution in [0.25, 0.3) is 0 Å². The van der Waals surface area contributed by atoms with Crippen LogP contribution in [0.15, 0.2) is 30.3 Å². The number of amides is 1. The molecule has 0 saturated carbocycles. The van der Waals surface area contributed by atoms with Gasteiger partial charge in [-0.15, -0.1) is 0 Å². The van der Waals surface area contributed by atoms with Crippen LogP contribution in [0.4, 0.5) is 0 Å². The van der Waals surface area contributed by atoms with E-state index in [2.05, 4.69) is 10.2 Å². The number of hydrogen-bond donors (Lipinski definition) is 2. The molecule has 3 rings (SSSR count). The predicted molar refractivity (Wildman–Crippen MR) is 104 cm³/mol. The first-order valence-electron chi connectivity index (χ1n) is 10.1. The van der Waals surface area contributed by atoms with Crippen molar-refractivity contribution in [3.05, 3.63) is 35.9 Å². The Morgan fingerprint density at radius 3 is 2.64 bits per heavy atom. The molecule has 0 bridgehead atoms. The third kappa shape index (κ3) is 4.78. The van der Waals surface area contributed by atoms with E-state index in [1.54, 1.807) is 24.3 Å². The monoisotopic (exact) mass is 390 g/mol. The SMILES string of the molecule is CCOC1CCCC(=O)[C@@H](CN2CCOCC2)[C@](O)(c2ccccc2)NC1=O. The van der Waals surface area contributed by atoms with E-state index in [-0.39, 0.29) is 11.7 Å². The van der Waals surface area contributed by atoms with E-state index in [1.807, 2.05) is 13.0 Å². The van der Waals surface area contributed by atoms with Gasteiger partial charge in [-0.05, 0) is 19.8 Å². The molecule has 2 aliphatic heterocycles. The van der Waals surface area contributed by atoms with Crippen molar-refractivity contribution in [2.75, 3.05) is 39.5 Å². The molecule has 0 radical (unpaired) electrons. The van der Waals surface area contributed by atoms with Crippen molar-refractivity contribution < 1.29 is 24.2 Å². The number of Topliss-reactive ketones (excluding diaryl/α,β-unsaturated/α-hetero) is 1. The summed E-state index contributed by atoms with van der Waals surface area (Å²) in [5.74, 6) is -1.19. The van der Waals surface area contributed by atoms with Crippen molar-refractivity contribution in [1.82, 2.24) is 10.2 Å². The van der Waals surface area contributed by atoms with E-state index in [0.717, 1.165) is 0 Å². The maximum atomic E-state index is 13.1. The summed E-state index contributed by atoms with van der Waals surface area (Å²) in [6.45, 7) is 5.19. The summed E-state index contributed by atoms with van der Waals surface area (Å²) in [6, 6.07) is 8.91. The van der Waals surface area contributed by atoms with Gasteiger partial charge >= 0.3 is 0 Å². The molecule has 28 heavy (non-hydrogen) atoms. The number of nitrogens with one attached hydrogen (secondary N) is 1. The van der Waals surface area contributed by atoms with Gasteiger partial charge in [0.2, 0.25) is 0 Å². The Hall–Kier alpha value is -1.80. The highest BCUT2D eigenvalue weighted by Gasteiger charge is 2.46. The fourth-order valence-corrected chi connectivity index (χ4v) is 3.96. The number of benzene rings is 1. The van der Waals surface area contributed by atoms with Gasteiger partial charge in [0, 0.05) is 38.2 Å². The second kappa shape index (κ2) is 9.60. The molecule has 0 spiro atoms. The topological polar surface area (TPSA) is 88.1 Å². The fourth-order valence-electron chi connectivity index (χ4n) is 3.96. The normalized spacial score (nSPS) is 30.2. The zero-order valence-corrected chi connectivity index (χ0v) is 16.4. The highest BCUT2D eigenvalue weighted by Crippen LogP contribution is 2.32. The molecule has 2 N–H and O–H groups in total. The first-order valence-corrected chi connectivity index (χ1v) is 10.1. The van der Waals surface area contributed by atoms with Gasteiger partial charge in [-0.2, -0.15) is 0 Å². The summed E-state index contributed by atoms with van der Waals surface area (Å²) >= 11 is 0. The third-order valence-corrected chi connectivity index (χ3v) is 5.51. The lowest BCUT2D eigenvalue weighted by molar-refractivity contribution is -0.152. The molecule has 2 heterocycles. The summed E-state index contributed by atoms with van der Waals surface area (Å²) < 4.78 is 11.0. The molecule has 2 fully saturated rings. The minimum Gasteiger partial charge on any atom is -0.379 e.